The third kappa shape index (κ3) is 3.73. The first-order chi connectivity index (χ1) is 11.8. The van der Waals surface area contributed by atoms with Crippen LogP contribution in [0, 0.1) is 13.8 Å². The van der Waals surface area contributed by atoms with Gasteiger partial charge in [-0.15, -0.1) is 0 Å². The van der Waals surface area contributed by atoms with Crippen molar-refractivity contribution in [1.82, 2.24) is 0 Å². The van der Waals surface area contributed by atoms with Gasteiger partial charge in [0.15, 0.2) is 0 Å². The monoisotopic (exact) mass is 332 g/mol. The lowest BCUT2D eigenvalue weighted by Gasteiger charge is -2.25. The average Bonchev–Trinajstić information content (AvgIpc) is 2.92. The second-order valence-electron chi connectivity index (χ2n) is 8.77. The molecule has 0 atom stereocenters. The minimum absolute atomic E-state index is 0.141. The van der Waals surface area contributed by atoms with Crippen molar-refractivity contribution in [2.75, 3.05) is 0 Å². The van der Waals surface area contributed by atoms with E-state index >= 15 is 0 Å². The molecule has 0 N–H and O–H groups in total. The highest BCUT2D eigenvalue weighted by molar-refractivity contribution is 5.84. The van der Waals surface area contributed by atoms with Gasteiger partial charge >= 0.3 is 0 Å². The first-order valence-electron chi connectivity index (χ1n) is 9.74. The number of unbranched alkanes of at least 4 members (excludes halogenated alkanes) is 1. The molecule has 1 aliphatic rings. The molecule has 3 rings (SSSR count). The van der Waals surface area contributed by atoms with Crippen LogP contribution >= 0.6 is 0 Å². The van der Waals surface area contributed by atoms with Crippen molar-refractivity contribution in [3.8, 4) is 11.1 Å². The summed E-state index contributed by atoms with van der Waals surface area (Å²) in [6, 6.07) is 11.7. The van der Waals surface area contributed by atoms with E-state index in [0.29, 0.717) is 0 Å². The molecule has 0 saturated carbocycles. The Balaban J connectivity index is 2.21. The molecule has 2 aromatic carbocycles. The van der Waals surface area contributed by atoms with Crippen molar-refractivity contribution in [2.24, 2.45) is 0 Å². The maximum atomic E-state index is 2.49. The summed E-state index contributed by atoms with van der Waals surface area (Å²) in [6.45, 7) is 13.7. The van der Waals surface area contributed by atoms with E-state index in [9.17, 15) is 0 Å². The number of rotatable bonds is 4. The maximum Gasteiger partial charge on any atom is -0.00576 e. The fraction of sp³-hybridized carbons (Fsp3) is 0.440. The molecule has 0 radical (unpaired) electrons. The van der Waals surface area contributed by atoms with E-state index in [1.165, 1.54) is 58.2 Å². The Morgan fingerprint density at radius 3 is 2.24 bits per heavy atom. The van der Waals surface area contributed by atoms with E-state index in [1.807, 2.05) is 0 Å². The number of benzene rings is 2. The molecule has 0 fully saturated rings. The molecule has 25 heavy (non-hydrogen) atoms. The van der Waals surface area contributed by atoms with E-state index in [1.54, 1.807) is 5.57 Å². The summed E-state index contributed by atoms with van der Waals surface area (Å²) in [7, 11) is 0. The SMILES string of the molecule is CCCCC1=Cc2c(ccc(C(C)(C)C)c2-c2cc(C)cc(C)c2)C1. The average molecular weight is 333 g/mol. The van der Waals surface area contributed by atoms with E-state index in [2.05, 4.69) is 78.0 Å². The summed E-state index contributed by atoms with van der Waals surface area (Å²) in [4.78, 5) is 0. The highest BCUT2D eigenvalue weighted by Gasteiger charge is 2.25. The number of fused-ring (bicyclic) bond motifs is 1. The Hall–Kier alpha value is -1.82. The summed E-state index contributed by atoms with van der Waals surface area (Å²) in [5.41, 5.74) is 11.7. The zero-order valence-electron chi connectivity index (χ0n) is 16.8. The van der Waals surface area contributed by atoms with Crippen LogP contribution in [0.2, 0.25) is 0 Å². The molecule has 2 aromatic rings. The van der Waals surface area contributed by atoms with Crippen LogP contribution in [0.15, 0.2) is 35.9 Å². The van der Waals surface area contributed by atoms with Crippen LogP contribution in [0.4, 0.5) is 0 Å². The summed E-state index contributed by atoms with van der Waals surface area (Å²) in [5, 5.41) is 0. The van der Waals surface area contributed by atoms with Gasteiger partial charge in [-0.1, -0.05) is 87.2 Å². The second kappa shape index (κ2) is 6.83. The smallest absolute Gasteiger partial charge is 0.00576 e. The molecular weight excluding hydrogens is 300 g/mol. The molecule has 0 spiro atoms. The van der Waals surface area contributed by atoms with E-state index < -0.39 is 0 Å². The van der Waals surface area contributed by atoms with Crippen LogP contribution in [0.25, 0.3) is 17.2 Å². The zero-order valence-corrected chi connectivity index (χ0v) is 16.8. The minimum atomic E-state index is 0.141. The predicted octanol–water partition coefficient (Wildman–Crippen LogP) is 7.40. The lowest BCUT2D eigenvalue weighted by atomic mass is 9.79. The molecule has 0 unspecified atom stereocenters. The molecule has 0 aliphatic heterocycles. The molecule has 0 saturated heterocycles. The van der Waals surface area contributed by atoms with Crippen LogP contribution < -0.4 is 0 Å². The van der Waals surface area contributed by atoms with E-state index in [4.69, 9.17) is 0 Å². The molecule has 0 bridgehead atoms. The van der Waals surface area contributed by atoms with Gasteiger partial charge in [0.05, 0.1) is 0 Å². The number of aryl methyl sites for hydroxylation is 2. The molecule has 0 amide bonds. The van der Waals surface area contributed by atoms with Gasteiger partial charge in [0.1, 0.15) is 0 Å². The highest BCUT2D eigenvalue weighted by Crippen LogP contribution is 2.42. The quantitative estimate of drug-likeness (QED) is 0.547. The Bertz CT molecular complexity index is 792. The van der Waals surface area contributed by atoms with Gasteiger partial charge in [0.2, 0.25) is 0 Å². The second-order valence-corrected chi connectivity index (χ2v) is 8.77. The molecular formula is C25H32. The van der Waals surface area contributed by atoms with Crippen LogP contribution in [0.5, 0.6) is 0 Å². The van der Waals surface area contributed by atoms with Crippen molar-refractivity contribution >= 4 is 6.08 Å². The van der Waals surface area contributed by atoms with Gasteiger partial charge < -0.3 is 0 Å². The highest BCUT2D eigenvalue weighted by atomic mass is 14.3. The van der Waals surface area contributed by atoms with Crippen molar-refractivity contribution < 1.29 is 0 Å². The summed E-state index contributed by atoms with van der Waals surface area (Å²) >= 11 is 0. The Morgan fingerprint density at radius 1 is 0.960 bits per heavy atom. The van der Waals surface area contributed by atoms with Gasteiger partial charge in [0.25, 0.3) is 0 Å². The first-order valence-corrected chi connectivity index (χ1v) is 9.74. The summed E-state index contributed by atoms with van der Waals surface area (Å²) in [5.74, 6) is 0. The van der Waals surface area contributed by atoms with E-state index in [-0.39, 0.29) is 5.41 Å². The number of hydrogen-bond acceptors (Lipinski definition) is 0. The van der Waals surface area contributed by atoms with Gasteiger partial charge in [-0.05, 0) is 66.3 Å². The first kappa shape index (κ1) is 18.0. The largest absolute Gasteiger partial charge is 0.0654 e. The van der Waals surface area contributed by atoms with Crippen molar-refractivity contribution in [3.05, 3.63) is 63.7 Å². The predicted molar refractivity (Wildman–Crippen MR) is 111 cm³/mol. The van der Waals surface area contributed by atoms with E-state index in [0.717, 1.165) is 6.42 Å². The van der Waals surface area contributed by atoms with Gasteiger partial charge in [-0.3, -0.25) is 0 Å². The van der Waals surface area contributed by atoms with Gasteiger partial charge in [-0.2, -0.15) is 0 Å². The van der Waals surface area contributed by atoms with Gasteiger partial charge in [0, 0.05) is 0 Å². The minimum Gasteiger partial charge on any atom is -0.0654 e. The van der Waals surface area contributed by atoms with Gasteiger partial charge in [-0.25, -0.2) is 0 Å². The van der Waals surface area contributed by atoms with Crippen LogP contribution in [0.1, 0.15) is 74.8 Å². The molecule has 132 valence electrons. The van der Waals surface area contributed by atoms with Crippen molar-refractivity contribution in [1.29, 1.82) is 0 Å². The van der Waals surface area contributed by atoms with Crippen LogP contribution in [0.3, 0.4) is 0 Å². The normalized spacial score (nSPS) is 13.8. The molecule has 0 aromatic heterocycles. The fourth-order valence-corrected chi connectivity index (χ4v) is 4.10. The Kier molecular flexibility index (Phi) is 4.91. The molecule has 1 aliphatic carbocycles. The lowest BCUT2D eigenvalue weighted by Crippen LogP contribution is -2.14. The standard InChI is InChI=1S/C25H32/c1-7-8-9-19-15-20-10-11-23(25(4,5)6)24(22(20)16-19)21-13-17(2)12-18(3)14-21/h10-14,16H,7-9,15H2,1-6H3. The van der Waals surface area contributed by atoms with Crippen LogP contribution in [-0.2, 0) is 11.8 Å². The van der Waals surface area contributed by atoms with Crippen molar-refractivity contribution in [3.63, 3.8) is 0 Å². The fourth-order valence-electron chi connectivity index (χ4n) is 4.10. The Morgan fingerprint density at radius 2 is 1.64 bits per heavy atom. The van der Waals surface area contributed by atoms with Crippen molar-refractivity contribution in [2.45, 2.75) is 72.6 Å². The molecule has 0 heteroatoms. The third-order valence-corrected chi connectivity index (χ3v) is 5.27. The number of allylic oxidation sites excluding steroid dienone is 1. The molecule has 0 heterocycles. The topological polar surface area (TPSA) is 0 Å². The van der Waals surface area contributed by atoms with Crippen LogP contribution in [-0.4, -0.2) is 0 Å². The maximum absolute atomic E-state index is 2.49. The summed E-state index contributed by atoms with van der Waals surface area (Å²) < 4.78 is 0. The Labute approximate surface area is 154 Å². The third-order valence-electron chi connectivity index (χ3n) is 5.27. The zero-order chi connectivity index (χ0) is 18.2. The summed E-state index contributed by atoms with van der Waals surface area (Å²) in [6.07, 6.45) is 7.43. The lowest BCUT2D eigenvalue weighted by molar-refractivity contribution is 0.591. The molecule has 0 nitrogen and oxygen atoms in total. The number of hydrogen-bond donors (Lipinski definition) is 0.